The number of aromatic nitrogens is 4. The van der Waals surface area contributed by atoms with Crippen molar-refractivity contribution >= 4 is 45.8 Å². The molecule has 3 atom stereocenters. The lowest BCUT2D eigenvalue weighted by Gasteiger charge is -2.39. The Labute approximate surface area is 329 Å². The number of rotatable bonds is 9. The van der Waals surface area contributed by atoms with Crippen LogP contribution in [0.15, 0.2) is 60.8 Å². The van der Waals surface area contributed by atoms with E-state index in [1.165, 1.54) is 14.2 Å². The van der Waals surface area contributed by atoms with Crippen LogP contribution in [-0.4, -0.2) is 107 Å². The van der Waals surface area contributed by atoms with Crippen molar-refractivity contribution in [3.8, 4) is 22.4 Å². The Morgan fingerprint density at radius 2 is 1.54 bits per heavy atom. The van der Waals surface area contributed by atoms with Gasteiger partial charge in [-0.2, -0.15) is 0 Å². The highest BCUT2D eigenvalue weighted by atomic mass is 16.5. The molecule has 57 heavy (non-hydrogen) atoms. The Bertz CT molecular complexity index is 2280. The lowest BCUT2D eigenvalue weighted by molar-refractivity contribution is -0.144. The van der Waals surface area contributed by atoms with Gasteiger partial charge in [-0.15, -0.1) is 0 Å². The molecule has 298 valence electrons. The summed E-state index contributed by atoms with van der Waals surface area (Å²) in [6.45, 7) is 1.58. The van der Waals surface area contributed by atoms with Gasteiger partial charge in [-0.05, 0) is 77.8 Å². The molecule has 2 aliphatic heterocycles. The van der Waals surface area contributed by atoms with E-state index in [1.807, 2.05) is 6.07 Å². The predicted octanol–water partition coefficient (Wildman–Crippen LogP) is 6.00. The first-order chi connectivity index (χ1) is 27.8. The van der Waals surface area contributed by atoms with Gasteiger partial charge in [0.15, 0.2) is 0 Å². The Balaban J connectivity index is 0.985. The van der Waals surface area contributed by atoms with Crippen molar-refractivity contribution in [3.63, 3.8) is 0 Å². The van der Waals surface area contributed by atoms with E-state index in [1.54, 1.807) is 16.0 Å². The molecule has 15 nitrogen and oxygen atoms in total. The summed E-state index contributed by atoms with van der Waals surface area (Å²) in [5.74, 6) is 1.10. The molecule has 5 aromatic rings. The van der Waals surface area contributed by atoms with Crippen LogP contribution in [0.25, 0.3) is 44.2 Å². The molecule has 2 aromatic heterocycles. The monoisotopic (exact) mass is 776 g/mol. The molecule has 3 fully saturated rings. The topological polar surface area (TPSA) is 184 Å². The molecular formula is C42H48N8O7. The third-order valence-electron chi connectivity index (χ3n) is 11.6. The molecule has 4 amide bonds. The molecule has 2 saturated heterocycles. The number of H-pyrrole nitrogens is 2. The first-order valence-corrected chi connectivity index (χ1v) is 19.7. The van der Waals surface area contributed by atoms with E-state index in [0.717, 1.165) is 95.0 Å². The molecular weight excluding hydrogens is 729 g/mol. The van der Waals surface area contributed by atoms with Gasteiger partial charge in [-0.25, -0.2) is 19.6 Å². The lowest BCUT2D eigenvalue weighted by atomic mass is 9.83. The van der Waals surface area contributed by atoms with E-state index in [-0.39, 0.29) is 30.3 Å². The van der Waals surface area contributed by atoms with Gasteiger partial charge >= 0.3 is 12.2 Å². The lowest BCUT2D eigenvalue weighted by Crippen LogP contribution is -2.56. The largest absolute Gasteiger partial charge is 0.453 e. The second-order valence-corrected chi connectivity index (χ2v) is 15.0. The summed E-state index contributed by atoms with van der Waals surface area (Å²) in [6.07, 6.45) is 7.17. The summed E-state index contributed by atoms with van der Waals surface area (Å²) < 4.78 is 15.4. The first kappa shape index (κ1) is 37.9. The summed E-state index contributed by atoms with van der Waals surface area (Å²) in [5.41, 5.74) is 5.55. The average Bonchev–Trinajstić information content (AvgIpc) is 4.04. The highest BCUT2D eigenvalue weighted by molar-refractivity contribution is 5.92. The normalized spacial score (nSPS) is 19.4. The predicted molar refractivity (Wildman–Crippen MR) is 212 cm³/mol. The number of likely N-dealkylation sites (tertiary alicyclic amines) is 1. The average molecular weight is 777 g/mol. The number of nitrogens with zero attached hydrogens (tertiary/aromatic N) is 4. The highest BCUT2D eigenvalue weighted by Crippen LogP contribution is 2.35. The van der Waals surface area contributed by atoms with E-state index in [4.69, 9.17) is 14.5 Å². The van der Waals surface area contributed by atoms with Crippen LogP contribution >= 0.6 is 0 Å². The molecule has 3 aliphatic rings. The third kappa shape index (κ3) is 8.01. The number of morpholine rings is 1. The molecule has 0 bridgehead atoms. The maximum absolute atomic E-state index is 14.2. The minimum Gasteiger partial charge on any atom is -0.453 e. The molecule has 3 aromatic carbocycles. The maximum Gasteiger partial charge on any atom is 0.407 e. The summed E-state index contributed by atoms with van der Waals surface area (Å²) in [5, 5.41) is 7.47. The molecule has 3 unspecified atom stereocenters. The number of fused-ring (bicyclic) bond motifs is 2. The number of carbonyl (C=O) groups excluding carboxylic acids is 4. The van der Waals surface area contributed by atoms with Crippen molar-refractivity contribution in [2.75, 3.05) is 47.1 Å². The number of carbonyl (C=O) groups is 4. The molecule has 4 heterocycles. The van der Waals surface area contributed by atoms with Crippen LogP contribution in [0, 0.1) is 5.92 Å². The number of benzene rings is 3. The number of aromatic amines is 2. The number of hydrogen-bond donors (Lipinski definition) is 4. The van der Waals surface area contributed by atoms with E-state index < -0.39 is 24.3 Å². The third-order valence-corrected chi connectivity index (χ3v) is 11.6. The maximum atomic E-state index is 14.2. The van der Waals surface area contributed by atoms with E-state index in [2.05, 4.69) is 78.9 Å². The van der Waals surface area contributed by atoms with Gasteiger partial charge in [0.25, 0.3) is 0 Å². The van der Waals surface area contributed by atoms with Gasteiger partial charge in [0.2, 0.25) is 11.8 Å². The van der Waals surface area contributed by atoms with Crippen molar-refractivity contribution < 1.29 is 33.4 Å². The second kappa shape index (κ2) is 16.6. The Morgan fingerprint density at radius 3 is 2.33 bits per heavy atom. The zero-order chi connectivity index (χ0) is 39.5. The quantitative estimate of drug-likeness (QED) is 0.140. The fourth-order valence-corrected chi connectivity index (χ4v) is 8.59. The van der Waals surface area contributed by atoms with Crippen LogP contribution in [0.4, 0.5) is 9.59 Å². The van der Waals surface area contributed by atoms with Crippen LogP contribution in [0.5, 0.6) is 0 Å². The van der Waals surface area contributed by atoms with Gasteiger partial charge in [0, 0.05) is 18.7 Å². The highest BCUT2D eigenvalue weighted by Gasteiger charge is 2.39. The smallest absolute Gasteiger partial charge is 0.407 e. The summed E-state index contributed by atoms with van der Waals surface area (Å²) in [7, 11) is 2.58. The van der Waals surface area contributed by atoms with Crippen molar-refractivity contribution in [1.82, 2.24) is 40.4 Å². The molecule has 1 aliphatic carbocycles. The fraction of sp³-hybridized carbons (Fsp3) is 0.429. The van der Waals surface area contributed by atoms with Gasteiger partial charge in [-0.1, -0.05) is 49.6 Å². The minimum absolute atomic E-state index is 0.0513. The van der Waals surface area contributed by atoms with Crippen molar-refractivity contribution in [1.29, 1.82) is 0 Å². The molecule has 0 spiro atoms. The SMILES string of the molecule is COC(=O)NCC(=O)N1CCCC1c1ncc(-c2ccc3cc(-c4ccc5nc(C6COCCN6C(=O)C(NC(=O)OC)C6CCCCC6)[nH]c5c4)ccc3c2)[nH]1. The van der Waals surface area contributed by atoms with Crippen LogP contribution in [0.2, 0.25) is 0 Å². The summed E-state index contributed by atoms with van der Waals surface area (Å²) >= 11 is 0. The number of amides is 4. The minimum atomic E-state index is -0.667. The van der Waals surface area contributed by atoms with Gasteiger partial charge < -0.3 is 44.6 Å². The molecule has 15 heteroatoms. The van der Waals surface area contributed by atoms with Crippen LogP contribution in [0.1, 0.15) is 68.7 Å². The molecule has 4 N–H and O–H groups in total. The molecule has 1 saturated carbocycles. The van der Waals surface area contributed by atoms with Crippen LogP contribution in [-0.2, 0) is 23.8 Å². The molecule has 8 rings (SSSR count). The van der Waals surface area contributed by atoms with E-state index in [9.17, 15) is 19.2 Å². The van der Waals surface area contributed by atoms with Crippen molar-refractivity contribution in [2.24, 2.45) is 5.92 Å². The van der Waals surface area contributed by atoms with Gasteiger partial charge in [-0.3, -0.25) is 9.59 Å². The number of alkyl carbamates (subject to hydrolysis) is 2. The van der Waals surface area contributed by atoms with Crippen LogP contribution in [0.3, 0.4) is 0 Å². The number of methoxy groups -OCH3 is 2. The molecule has 0 radical (unpaired) electrons. The van der Waals surface area contributed by atoms with Crippen molar-refractivity contribution in [2.45, 2.75) is 63.1 Å². The summed E-state index contributed by atoms with van der Waals surface area (Å²) in [4.78, 5) is 70.9. The zero-order valence-corrected chi connectivity index (χ0v) is 32.2. The van der Waals surface area contributed by atoms with Crippen LogP contribution < -0.4 is 10.6 Å². The van der Waals surface area contributed by atoms with E-state index >= 15 is 0 Å². The zero-order valence-electron chi connectivity index (χ0n) is 32.2. The van der Waals surface area contributed by atoms with Gasteiger partial charge in [0.05, 0.1) is 56.4 Å². The second-order valence-electron chi connectivity index (χ2n) is 15.0. The number of ether oxygens (including phenoxy) is 3. The fourth-order valence-electron chi connectivity index (χ4n) is 8.59. The number of hydrogen-bond acceptors (Lipinski definition) is 9. The number of nitrogens with one attached hydrogen (secondary N) is 4. The summed E-state index contributed by atoms with van der Waals surface area (Å²) in [6, 6.07) is 17.5. The van der Waals surface area contributed by atoms with Crippen molar-refractivity contribution in [3.05, 3.63) is 72.4 Å². The Morgan fingerprint density at radius 1 is 0.807 bits per heavy atom. The van der Waals surface area contributed by atoms with E-state index in [0.29, 0.717) is 32.1 Å². The first-order valence-electron chi connectivity index (χ1n) is 19.7. The number of imidazole rings is 2. The Hall–Kier alpha value is -5.96. The van der Waals surface area contributed by atoms with Gasteiger partial charge in [0.1, 0.15) is 30.3 Å². The Kier molecular flexibility index (Phi) is 11.1. The standard InChI is InChI=1S/C42H48N8O7/c1-55-41(53)44-23-36(51)49-16-6-9-34(49)38-43-22-33(47-38)30-13-12-26-19-27(10-11-28(26)20-30)29-14-15-31-32(21-29)46-39(45-31)35-24-57-18-17-50(35)40(52)37(48-42(54)56-2)25-7-4-3-5-8-25/h10-15,19-22,25,34-35,37H,3-9,16-18,23-24H2,1-2H3,(H,43,47)(H,44,53)(H,45,46)(H,48,54).